The molecular formula is C16H21NO3. The molecule has 2 aliphatic heterocycles. The van der Waals surface area contributed by atoms with Crippen LogP contribution in [0, 0.1) is 11.8 Å². The average molecular weight is 275 g/mol. The second-order valence-corrected chi connectivity index (χ2v) is 5.97. The number of carboxylic acid groups (broad SMARTS) is 1. The van der Waals surface area contributed by atoms with Crippen LogP contribution in [-0.2, 0) is 17.6 Å². The van der Waals surface area contributed by atoms with Gasteiger partial charge in [0.25, 0.3) is 0 Å². The van der Waals surface area contributed by atoms with Gasteiger partial charge in [0.05, 0.1) is 12.5 Å². The number of carboxylic acids is 1. The summed E-state index contributed by atoms with van der Waals surface area (Å²) in [5.74, 6) is 0.411. The molecule has 108 valence electrons. The van der Waals surface area contributed by atoms with Crippen molar-refractivity contribution >= 4 is 5.97 Å². The van der Waals surface area contributed by atoms with Crippen LogP contribution in [0.5, 0.6) is 5.75 Å². The summed E-state index contributed by atoms with van der Waals surface area (Å²) in [6, 6.07) is 6.42. The number of hydrogen-bond acceptors (Lipinski definition) is 3. The van der Waals surface area contributed by atoms with Gasteiger partial charge in [0.15, 0.2) is 0 Å². The number of fused-ring (bicyclic) bond motifs is 1. The zero-order valence-electron chi connectivity index (χ0n) is 11.8. The molecule has 0 bridgehead atoms. The maximum Gasteiger partial charge on any atom is 0.308 e. The van der Waals surface area contributed by atoms with Gasteiger partial charge in [0, 0.05) is 26.1 Å². The third-order valence-electron chi connectivity index (χ3n) is 4.48. The second kappa shape index (κ2) is 5.44. The van der Waals surface area contributed by atoms with E-state index in [0.717, 1.165) is 38.3 Å². The van der Waals surface area contributed by atoms with E-state index in [1.54, 1.807) is 0 Å². The van der Waals surface area contributed by atoms with E-state index in [2.05, 4.69) is 23.1 Å². The number of nitrogens with zero attached hydrogens (tertiary/aromatic N) is 1. The monoisotopic (exact) mass is 275 g/mol. The van der Waals surface area contributed by atoms with Crippen molar-refractivity contribution < 1.29 is 14.6 Å². The Morgan fingerprint density at radius 2 is 2.30 bits per heavy atom. The molecule has 0 radical (unpaired) electrons. The molecule has 1 aromatic carbocycles. The lowest BCUT2D eigenvalue weighted by molar-refractivity contribution is -0.142. The van der Waals surface area contributed by atoms with E-state index in [4.69, 9.17) is 9.84 Å². The Bertz CT molecular complexity index is 514. The highest BCUT2D eigenvalue weighted by Gasteiger charge is 2.34. The summed E-state index contributed by atoms with van der Waals surface area (Å²) in [4.78, 5) is 13.4. The Hall–Kier alpha value is -1.55. The van der Waals surface area contributed by atoms with E-state index in [9.17, 15) is 4.79 Å². The van der Waals surface area contributed by atoms with Crippen LogP contribution in [0.15, 0.2) is 18.2 Å². The van der Waals surface area contributed by atoms with Crippen molar-refractivity contribution in [2.24, 2.45) is 11.8 Å². The molecule has 2 unspecified atom stereocenters. The maximum atomic E-state index is 11.1. The molecule has 2 heterocycles. The van der Waals surface area contributed by atoms with Gasteiger partial charge in [-0.05, 0) is 29.5 Å². The molecule has 20 heavy (non-hydrogen) atoms. The van der Waals surface area contributed by atoms with E-state index in [1.165, 1.54) is 11.1 Å². The number of carbonyl (C=O) groups is 1. The summed E-state index contributed by atoms with van der Waals surface area (Å²) in [6.45, 7) is 5.34. The first-order chi connectivity index (χ1) is 9.63. The molecule has 0 saturated carbocycles. The van der Waals surface area contributed by atoms with Crippen LogP contribution < -0.4 is 4.74 Å². The molecule has 1 fully saturated rings. The van der Waals surface area contributed by atoms with Gasteiger partial charge >= 0.3 is 5.97 Å². The van der Waals surface area contributed by atoms with Crippen molar-refractivity contribution in [1.82, 2.24) is 4.90 Å². The van der Waals surface area contributed by atoms with E-state index in [-0.39, 0.29) is 11.8 Å². The van der Waals surface area contributed by atoms with Crippen LogP contribution in [0.3, 0.4) is 0 Å². The first-order valence-corrected chi connectivity index (χ1v) is 7.33. The van der Waals surface area contributed by atoms with E-state index in [0.29, 0.717) is 6.54 Å². The molecule has 1 N–H and O–H groups in total. The standard InChI is InChI=1S/C16H21NO3/c1-11-9-17(10-14(11)16(18)19)6-4-12-2-3-15-13(8-12)5-7-20-15/h2-3,8,11,14H,4-7,9-10H2,1H3,(H,18,19). The minimum absolute atomic E-state index is 0.205. The van der Waals surface area contributed by atoms with Crippen molar-refractivity contribution in [1.29, 1.82) is 0 Å². The van der Waals surface area contributed by atoms with Crippen molar-refractivity contribution in [3.63, 3.8) is 0 Å². The summed E-state index contributed by atoms with van der Waals surface area (Å²) in [5.41, 5.74) is 2.63. The first-order valence-electron chi connectivity index (χ1n) is 7.33. The zero-order chi connectivity index (χ0) is 14.1. The van der Waals surface area contributed by atoms with Crippen LogP contribution >= 0.6 is 0 Å². The van der Waals surface area contributed by atoms with Crippen molar-refractivity contribution in [2.75, 3.05) is 26.2 Å². The lowest BCUT2D eigenvalue weighted by atomic mass is 9.99. The lowest BCUT2D eigenvalue weighted by Crippen LogP contribution is -2.25. The van der Waals surface area contributed by atoms with Crippen molar-refractivity contribution in [3.8, 4) is 5.75 Å². The zero-order valence-corrected chi connectivity index (χ0v) is 11.8. The fourth-order valence-corrected chi connectivity index (χ4v) is 3.25. The summed E-state index contributed by atoms with van der Waals surface area (Å²) >= 11 is 0. The molecular weight excluding hydrogens is 254 g/mol. The lowest BCUT2D eigenvalue weighted by Gasteiger charge is -2.15. The smallest absolute Gasteiger partial charge is 0.308 e. The van der Waals surface area contributed by atoms with Gasteiger partial charge < -0.3 is 14.7 Å². The minimum atomic E-state index is -0.658. The number of hydrogen-bond donors (Lipinski definition) is 1. The Balaban J connectivity index is 1.56. The number of ether oxygens (including phenoxy) is 1. The van der Waals surface area contributed by atoms with Gasteiger partial charge in [-0.1, -0.05) is 19.1 Å². The Labute approximate surface area is 119 Å². The van der Waals surface area contributed by atoms with Crippen LogP contribution in [-0.4, -0.2) is 42.2 Å². The molecule has 0 amide bonds. The van der Waals surface area contributed by atoms with Gasteiger partial charge in [0.2, 0.25) is 0 Å². The molecule has 2 aliphatic rings. The first kappa shape index (κ1) is 13.4. The van der Waals surface area contributed by atoms with Gasteiger partial charge in [0.1, 0.15) is 5.75 Å². The third kappa shape index (κ3) is 2.66. The van der Waals surface area contributed by atoms with E-state index in [1.807, 2.05) is 6.92 Å². The molecule has 0 aromatic heterocycles. The summed E-state index contributed by atoms with van der Waals surface area (Å²) in [5, 5.41) is 9.15. The highest BCUT2D eigenvalue weighted by molar-refractivity contribution is 5.71. The van der Waals surface area contributed by atoms with Crippen LogP contribution in [0.4, 0.5) is 0 Å². The topological polar surface area (TPSA) is 49.8 Å². The summed E-state index contributed by atoms with van der Waals surface area (Å²) in [6.07, 6.45) is 1.98. The predicted molar refractivity (Wildman–Crippen MR) is 76.1 cm³/mol. The number of rotatable bonds is 4. The Kier molecular flexibility index (Phi) is 3.66. The summed E-state index contributed by atoms with van der Waals surface area (Å²) in [7, 11) is 0. The fourth-order valence-electron chi connectivity index (χ4n) is 3.25. The Morgan fingerprint density at radius 1 is 1.45 bits per heavy atom. The molecule has 1 saturated heterocycles. The quantitative estimate of drug-likeness (QED) is 0.910. The minimum Gasteiger partial charge on any atom is -0.493 e. The van der Waals surface area contributed by atoms with Crippen LogP contribution in [0.1, 0.15) is 18.1 Å². The number of likely N-dealkylation sites (tertiary alicyclic amines) is 1. The molecule has 4 nitrogen and oxygen atoms in total. The van der Waals surface area contributed by atoms with Crippen molar-refractivity contribution in [3.05, 3.63) is 29.3 Å². The number of benzene rings is 1. The van der Waals surface area contributed by atoms with Crippen LogP contribution in [0.2, 0.25) is 0 Å². The van der Waals surface area contributed by atoms with Gasteiger partial charge in [-0.25, -0.2) is 0 Å². The molecule has 0 aliphatic carbocycles. The van der Waals surface area contributed by atoms with Crippen LogP contribution in [0.25, 0.3) is 0 Å². The molecule has 4 heteroatoms. The summed E-state index contributed by atoms with van der Waals surface area (Å²) < 4.78 is 5.51. The molecule has 3 rings (SSSR count). The van der Waals surface area contributed by atoms with E-state index >= 15 is 0 Å². The molecule has 2 atom stereocenters. The highest BCUT2D eigenvalue weighted by Crippen LogP contribution is 2.27. The second-order valence-electron chi connectivity index (χ2n) is 5.97. The van der Waals surface area contributed by atoms with E-state index < -0.39 is 5.97 Å². The number of aliphatic carboxylic acids is 1. The largest absolute Gasteiger partial charge is 0.493 e. The maximum absolute atomic E-state index is 11.1. The van der Waals surface area contributed by atoms with Gasteiger partial charge in [-0.3, -0.25) is 4.79 Å². The van der Waals surface area contributed by atoms with Gasteiger partial charge in [-0.2, -0.15) is 0 Å². The predicted octanol–water partition coefficient (Wildman–Crippen LogP) is 1.82. The highest BCUT2D eigenvalue weighted by atomic mass is 16.5. The fraction of sp³-hybridized carbons (Fsp3) is 0.562. The average Bonchev–Trinajstić information content (AvgIpc) is 3.01. The SMILES string of the molecule is CC1CN(CCc2ccc3c(c2)CCO3)CC1C(=O)O. The normalized spacial score (nSPS) is 25.4. The van der Waals surface area contributed by atoms with Gasteiger partial charge in [-0.15, -0.1) is 0 Å². The molecule has 1 aromatic rings. The molecule has 0 spiro atoms. The third-order valence-corrected chi connectivity index (χ3v) is 4.48. The van der Waals surface area contributed by atoms with Crippen molar-refractivity contribution in [2.45, 2.75) is 19.8 Å². The Morgan fingerprint density at radius 3 is 3.05 bits per heavy atom.